The number of anilines is 2. The number of carbonyl (C=O) groups is 1. The number of pyridine rings is 1. The molecular formula is C22H22Cl2N4O2S. The van der Waals surface area contributed by atoms with Crippen molar-refractivity contribution in [2.45, 2.75) is 0 Å². The van der Waals surface area contributed by atoms with Crippen LogP contribution in [0.3, 0.4) is 0 Å². The van der Waals surface area contributed by atoms with E-state index in [1.165, 1.54) is 21.1 Å². The Balaban J connectivity index is 0.00000171. The summed E-state index contributed by atoms with van der Waals surface area (Å²) in [4.78, 5) is 25.0. The van der Waals surface area contributed by atoms with Crippen LogP contribution in [0.5, 0.6) is 5.75 Å². The third kappa shape index (κ3) is 4.74. The van der Waals surface area contributed by atoms with Crippen LogP contribution in [0.4, 0.5) is 15.7 Å². The van der Waals surface area contributed by atoms with E-state index in [-0.39, 0.29) is 30.8 Å². The number of urea groups is 1. The molecule has 0 radical (unpaired) electrons. The Morgan fingerprint density at radius 2 is 1.65 bits per heavy atom. The first-order chi connectivity index (χ1) is 14.1. The number of benzene rings is 2. The summed E-state index contributed by atoms with van der Waals surface area (Å²) < 4.78 is 6.49. The van der Waals surface area contributed by atoms with Crippen molar-refractivity contribution in [2.75, 3.05) is 31.0 Å². The highest BCUT2D eigenvalue weighted by molar-refractivity contribution is 7.23. The summed E-state index contributed by atoms with van der Waals surface area (Å²) in [5, 5.41) is 0.592. The molecule has 2 aromatic heterocycles. The molecule has 2 aromatic carbocycles. The molecule has 0 fully saturated rings. The Morgan fingerprint density at radius 1 is 0.935 bits per heavy atom. The number of nitrogens with zero attached hydrogens (tertiary/aromatic N) is 4. The van der Waals surface area contributed by atoms with E-state index in [0.29, 0.717) is 16.7 Å². The molecule has 162 valence electrons. The van der Waals surface area contributed by atoms with Crippen molar-refractivity contribution < 1.29 is 9.53 Å². The molecule has 2 amide bonds. The summed E-state index contributed by atoms with van der Waals surface area (Å²) >= 11 is 1.46. The normalized spacial score (nSPS) is 10.0. The first-order valence-corrected chi connectivity index (χ1v) is 9.87. The number of carbonyl (C=O) groups excluding carboxylic acids is 1. The third-order valence-electron chi connectivity index (χ3n) is 4.65. The minimum atomic E-state index is -0.219. The summed E-state index contributed by atoms with van der Waals surface area (Å²) in [6, 6.07) is 19.3. The Bertz CT molecular complexity index is 1160. The summed E-state index contributed by atoms with van der Waals surface area (Å²) in [6.45, 7) is 0. The van der Waals surface area contributed by atoms with Crippen molar-refractivity contribution in [3.63, 3.8) is 0 Å². The van der Waals surface area contributed by atoms with Crippen LogP contribution in [0.25, 0.3) is 21.3 Å². The monoisotopic (exact) mass is 476 g/mol. The lowest BCUT2D eigenvalue weighted by Gasteiger charge is -2.22. The van der Waals surface area contributed by atoms with Gasteiger partial charge in [0.05, 0.1) is 11.8 Å². The van der Waals surface area contributed by atoms with Crippen molar-refractivity contribution in [1.29, 1.82) is 0 Å². The zero-order valence-corrected chi connectivity index (χ0v) is 19.6. The Labute approximate surface area is 197 Å². The average Bonchev–Trinajstić information content (AvgIpc) is 3.23. The van der Waals surface area contributed by atoms with Crippen LogP contribution in [0, 0.1) is 0 Å². The second kappa shape index (κ2) is 10.4. The summed E-state index contributed by atoms with van der Waals surface area (Å²) in [5.74, 6) is 1.26. The van der Waals surface area contributed by atoms with Crippen LogP contribution in [0.15, 0.2) is 66.9 Å². The van der Waals surface area contributed by atoms with Crippen molar-refractivity contribution >= 4 is 63.3 Å². The highest BCUT2D eigenvalue weighted by Crippen LogP contribution is 2.40. The van der Waals surface area contributed by atoms with Crippen molar-refractivity contribution in [3.05, 3.63) is 66.9 Å². The fourth-order valence-corrected chi connectivity index (χ4v) is 4.16. The molecule has 4 aromatic rings. The standard InChI is InChI=1S/C22H20N4O2S.2ClH/c1-25(18-11-7-8-14-23-18)22(27)26(2)21-24-19-17(28-3)13-12-16(20(19)29-21)15-9-5-4-6-10-15;;/h4-14H,1-3H3;2*1H. The van der Waals surface area contributed by atoms with Crippen molar-refractivity contribution in [2.24, 2.45) is 0 Å². The van der Waals surface area contributed by atoms with Crippen LogP contribution in [0.1, 0.15) is 0 Å². The summed E-state index contributed by atoms with van der Waals surface area (Å²) in [6.07, 6.45) is 1.66. The molecule has 2 heterocycles. The number of amides is 2. The number of rotatable bonds is 4. The van der Waals surface area contributed by atoms with Gasteiger partial charge >= 0.3 is 6.03 Å². The number of thiazole rings is 1. The molecular weight excluding hydrogens is 455 g/mol. The van der Waals surface area contributed by atoms with Crippen molar-refractivity contribution in [1.82, 2.24) is 9.97 Å². The van der Waals surface area contributed by atoms with Crippen LogP contribution in [0.2, 0.25) is 0 Å². The number of fused-ring (bicyclic) bond motifs is 1. The molecule has 0 saturated heterocycles. The maximum atomic E-state index is 13.0. The van der Waals surface area contributed by atoms with Gasteiger partial charge in [-0.25, -0.2) is 14.8 Å². The Hall–Kier alpha value is -2.87. The smallest absolute Gasteiger partial charge is 0.331 e. The van der Waals surface area contributed by atoms with E-state index in [9.17, 15) is 4.79 Å². The fraction of sp³-hybridized carbons (Fsp3) is 0.136. The van der Waals surface area contributed by atoms with Gasteiger partial charge in [0.1, 0.15) is 17.1 Å². The van der Waals surface area contributed by atoms with Gasteiger partial charge in [-0.15, -0.1) is 24.8 Å². The second-order valence-electron chi connectivity index (χ2n) is 6.44. The third-order valence-corrected chi connectivity index (χ3v) is 5.82. The molecule has 0 N–H and O–H groups in total. The number of ether oxygens (including phenoxy) is 1. The SMILES string of the molecule is COc1ccc(-c2ccccc2)c2sc(N(C)C(=O)N(C)c3ccccn3)nc12.Cl.Cl. The quantitative estimate of drug-likeness (QED) is 0.367. The van der Waals surface area contributed by atoms with Gasteiger partial charge < -0.3 is 4.74 Å². The van der Waals surface area contributed by atoms with E-state index < -0.39 is 0 Å². The van der Waals surface area contributed by atoms with Gasteiger partial charge in [0.2, 0.25) is 0 Å². The lowest BCUT2D eigenvalue weighted by molar-refractivity contribution is 0.253. The number of hydrogen-bond acceptors (Lipinski definition) is 5. The lowest BCUT2D eigenvalue weighted by Crippen LogP contribution is -2.39. The molecule has 0 unspecified atom stereocenters. The van der Waals surface area contributed by atoms with Gasteiger partial charge in [0.15, 0.2) is 5.13 Å². The van der Waals surface area contributed by atoms with E-state index in [2.05, 4.69) is 17.1 Å². The average molecular weight is 477 g/mol. The summed E-state index contributed by atoms with van der Waals surface area (Å²) in [7, 11) is 5.04. The molecule has 0 atom stereocenters. The maximum absolute atomic E-state index is 13.0. The van der Waals surface area contributed by atoms with Gasteiger partial charge in [-0.3, -0.25) is 9.80 Å². The zero-order chi connectivity index (χ0) is 20.4. The van der Waals surface area contributed by atoms with Crippen LogP contribution >= 0.6 is 36.2 Å². The highest BCUT2D eigenvalue weighted by atomic mass is 35.5. The van der Waals surface area contributed by atoms with E-state index in [0.717, 1.165) is 21.3 Å². The molecule has 0 aliphatic carbocycles. The van der Waals surface area contributed by atoms with Crippen LogP contribution < -0.4 is 14.5 Å². The van der Waals surface area contributed by atoms with Gasteiger partial charge in [0, 0.05) is 25.9 Å². The summed E-state index contributed by atoms with van der Waals surface area (Å²) in [5.41, 5.74) is 2.90. The van der Waals surface area contributed by atoms with E-state index in [4.69, 9.17) is 9.72 Å². The minimum absolute atomic E-state index is 0. The molecule has 0 bridgehead atoms. The van der Waals surface area contributed by atoms with E-state index in [1.807, 2.05) is 42.5 Å². The van der Waals surface area contributed by atoms with Crippen LogP contribution in [-0.4, -0.2) is 37.2 Å². The lowest BCUT2D eigenvalue weighted by atomic mass is 10.1. The maximum Gasteiger partial charge on any atom is 0.331 e. The number of aromatic nitrogens is 2. The first kappa shape index (κ1) is 24.4. The number of hydrogen-bond donors (Lipinski definition) is 0. The molecule has 9 heteroatoms. The van der Waals surface area contributed by atoms with Crippen LogP contribution in [-0.2, 0) is 0 Å². The number of halogens is 2. The van der Waals surface area contributed by atoms with Gasteiger partial charge in [-0.05, 0) is 29.8 Å². The molecule has 6 nitrogen and oxygen atoms in total. The van der Waals surface area contributed by atoms with Gasteiger partial charge in [-0.1, -0.05) is 47.7 Å². The second-order valence-corrected chi connectivity index (χ2v) is 7.42. The minimum Gasteiger partial charge on any atom is -0.494 e. The zero-order valence-electron chi connectivity index (χ0n) is 17.2. The predicted octanol–water partition coefficient (Wildman–Crippen LogP) is 5.90. The van der Waals surface area contributed by atoms with E-state index >= 15 is 0 Å². The molecule has 0 saturated carbocycles. The predicted molar refractivity (Wildman–Crippen MR) is 133 cm³/mol. The largest absolute Gasteiger partial charge is 0.494 e. The molecule has 31 heavy (non-hydrogen) atoms. The molecule has 0 aliphatic rings. The molecule has 0 spiro atoms. The first-order valence-electron chi connectivity index (χ1n) is 9.05. The molecule has 0 aliphatic heterocycles. The molecule has 4 rings (SSSR count). The van der Waals surface area contributed by atoms with E-state index in [1.54, 1.807) is 33.5 Å². The van der Waals surface area contributed by atoms with Gasteiger partial charge in [-0.2, -0.15) is 0 Å². The highest BCUT2D eigenvalue weighted by Gasteiger charge is 2.23. The number of methoxy groups -OCH3 is 1. The Kier molecular flexibility index (Phi) is 8.21. The Morgan fingerprint density at radius 3 is 2.29 bits per heavy atom. The fourth-order valence-electron chi connectivity index (χ4n) is 3.08. The van der Waals surface area contributed by atoms with Crippen molar-refractivity contribution in [3.8, 4) is 16.9 Å². The van der Waals surface area contributed by atoms with Gasteiger partial charge in [0.25, 0.3) is 0 Å². The topological polar surface area (TPSA) is 58.6 Å².